The first-order valence-electron chi connectivity index (χ1n) is 16.2. The van der Waals surface area contributed by atoms with E-state index >= 15 is 4.39 Å². The molecule has 10 heteroatoms. The third-order valence-electron chi connectivity index (χ3n) is 9.96. The SMILES string of the molecule is COC(=O)c1ccc2nc(CN3CCC(c4cccc5c4OC(c4ccc(C6COC6)cc4F)CO5)CC3)n(C[C@@H]3CCO3)c2c1. The lowest BCUT2D eigenvalue weighted by Gasteiger charge is -2.35. The molecule has 4 aromatic rings. The van der Waals surface area contributed by atoms with Crippen LogP contribution in [0.15, 0.2) is 54.6 Å². The zero-order chi connectivity index (χ0) is 31.2. The largest absolute Gasteiger partial charge is 0.485 e. The molecule has 9 nitrogen and oxygen atoms in total. The van der Waals surface area contributed by atoms with Gasteiger partial charge >= 0.3 is 5.97 Å². The van der Waals surface area contributed by atoms with E-state index in [0.29, 0.717) is 43.3 Å². The number of hydrogen-bond acceptors (Lipinski definition) is 8. The van der Waals surface area contributed by atoms with Crippen molar-refractivity contribution in [2.45, 2.75) is 56.4 Å². The van der Waals surface area contributed by atoms with Crippen molar-refractivity contribution < 1.29 is 32.9 Å². The second-order valence-corrected chi connectivity index (χ2v) is 12.8. The van der Waals surface area contributed by atoms with Crippen LogP contribution in [0.5, 0.6) is 11.5 Å². The smallest absolute Gasteiger partial charge is 0.337 e. The molecule has 0 N–H and O–H groups in total. The van der Waals surface area contributed by atoms with Gasteiger partial charge in [-0.05, 0) is 74.2 Å². The molecule has 46 heavy (non-hydrogen) atoms. The number of rotatable bonds is 8. The Labute approximate surface area is 267 Å². The van der Waals surface area contributed by atoms with E-state index < -0.39 is 6.10 Å². The zero-order valence-corrected chi connectivity index (χ0v) is 26.0. The molecule has 0 saturated carbocycles. The van der Waals surface area contributed by atoms with E-state index in [1.54, 1.807) is 12.1 Å². The van der Waals surface area contributed by atoms with Gasteiger partial charge in [-0.1, -0.05) is 24.3 Å². The van der Waals surface area contributed by atoms with Crippen molar-refractivity contribution >= 4 is 17.0 Å². The van der Waals surface area contributed by atoms with Gasteiger partial charge in [-0.25, -0.2) is 14.2 Å². The van der Waals surface area contributed by atoms with Gasteiger partial charge in [0.05, 0.1) is 56.1 Å². The van der Waals surface area contributed by atoms with Gasteiger partial charge in [-0.3, -0.25) is 4.90 Å². The molecule has 1 unspecified atom stereocenters. The number of fused-ring (bicyclic) bond motifs is 2. The summed E-state index contributed by atoms with van der Waals surface area (Å²) in [6.07, 6.45) is 2.57. The molecule has 4 aliphatic rings. The van der Waals surface area contributed by atoms with Crippen LogP contribution in [0, 0.1) is 5.82 Å². The monoisotopic (exact) mass is 627 g/mol. The van der Waals surface area contributed by atoms with Gasteiger partial charge in [-0.15, -0.1) is 0 Å². The standard InChI is InChI=1S/C36H38FN3O6/c1-42-36(41)24-6-8-30-31(16-24)40(17-26-11-14-44-26)34(38-30)18-39-12-9-22(10-13-39)27-3-2-4-32-35(27)46-33(21-45-32)28-7-5-23(15-29(28)37)25-19-43-20-25/h2-8,15-16,22,25-26,33H,9-14,17-21H2,1H3/t26-,33?/m0/s1. The quantitative estimate of drug-likeness (QED) is 0.228. The molecule has 3 fully saturated rings. The van der Waals surface area contributed by atoms with Crippen molar-refractivity contribution in [3.05, 3.63) is 88.5 Å². The third-order valence-corrected chi connectivity index (χ3v) is 9.96. The van der Waals surface area contributed by atoms with E-state index in [-0.39, 0.29) is 30.4 Å². The summed E-state index contributed by atoms with van der Waals surface area (Å²) in [4.78, 5) is 19.7. The molecule has 240 valence electrons. The Morgan fingerprint density at radius 3 is 2.57 bits per heavy atom. The van der Waals surface area contributed by atoms with Crippen LogP contribution in [-0.2, 0) is 27.3 Å². The summed E-state index contributed by atoms with van der Waals surface area (Å²) in [7, 11) is 1.40. The number of methoxy groups -OCH3 is 1. The molecule has 3 aromatic carbocycles. The molecule has 2 atom stereocenters. The fraction of sp³-hybridized carbons (Fsp3) is 0.444. The van der Waals surface area contributed by atoms with E-state index in [1.165, 1.54) is 7.11 Å². The first kappa shape index (κ1) is 29.4. The van der Waals surface area contributed by atoms with Gasteiger partial charge < -0.3 is 28.3 Å². The van der Waals surface area contributed by atoms with Crippen molar-refractivity contribution in [3.63, 3.8) is 0 Å². The molecule has 3 saturated heterocycles. The molecule has 0 bridgehead atoms. The summed E-state index contributed by atoms with van der Waals surface area (Å²) in [6, 6.07) is 17.1. The number of carbonyl (C=O) groups excluding carboxylic acids is 1. The maximum absolute atomic E-state index is 15.3. The number of aromatic nitrogens is 2. The number of halogens is 1. The normalized spacial score (nSPS) is 22.0. The van der Waals surface area contributed by atoms with Gasteiger partial charge in [0.25, 0.3) is 0 Å². The predicted octanol–water partition coefficient (Wildman–Crippen LogP) is 5.76. The maximum atomic E-state index is 15.3. The average Bonchev–Trinajstić information content (AvgIpc) is 3.37. The number of benzene rings is 3. The first-order chi connectivity index (χ1) is 22.5. The summed E-state index contributed by atoms with van der Waals surface area (Å²) in [5.74, 6) is 2.37. The number of piperidine rings is 1. The number of esters is 1. The van der Waals surface area contributed by atoms with E-state index in [9.17, 15) is 4.79 Å². The molecule has 4 aliphatic heterocycles. The molecule has 0 spiro atoms. The lowest BCUT2D eigenvalue weighted by atomic mass is 9.88. The minimum absolute atomic E-state index is 0.155. The van der Waals surface area contributed by atoms with Crippen LogP contribution in [0.3, 0.4) is 0 Å². The van der Waals surface area contributed by atoms with Crippen LogP contribution < -0.4 is 9.47 Å². The Hall–Kier alpha value is -3.99. The fourth-order valence-electron chi connectivity index (χ4n) is 7.05. The fourth-order valence-corrected chi connectivity index (χ4v) is 7.05. The van der Waals surface area contributed by atoms with Gasteiger partial charge in [0.2, 0.25) is 0 Å². The van der Waals surface area contributed by atoms with Crippen molar-refractivity contribution in [2.24, 2.45) is 0 Å². The summed E-state index contributed by atoms with van der Waals surface area (Å²) in [6.45, 7) is 5.55. The predicted molar refractivity (Wildman–Crippen MR) is 168 cm³/mol. The summed E-state index contributed by atoms with van der Waals surface area (Å²) >= 11 is 0. The number of para-hydroxylation sites is 1. The Morgan fingerprint density at radius 1 is 1.00 bits per heavy atom. The summed E-state index contributed by atoms with van der Waals surface area (Å²) < 4.78 is 46.1. The van der Waals surface area contributed by atoms with Crippen LogP contribution in [0.25, 0.3) is 11.0 Å². The van der Waals surface area contributed by atoms with Crippen LogP contribution >= 0.6 is 0 Å². The molecule has 8 rings (SSSR count). The number of carbonyl (C=O) groups is 1. The molecule has 1 aromatic heterocycles. The highest BCUT2D eigenvalue weighted by Crippen LogP contribution is 2.45. The average molecular weight is 628 g/mol. The van der Waals surface area contributed by atoms with Crippen LogP contribution in [0.1, 0.15) is 70.1 Å². The highest BCUT2D eigenvalue weighted by atomic mass is 19.1. The Kier molecular flexibility index (Phi) is 7.88. The number of nitrogens with zero attached hydrogens (tertiary/aromatic N) is 3. The number of likely N-dealkylation sites (tertiary alicyclic amines) is 1. The molecule has 0 aliphatic carbocycles. The topological polar surface area (TPSA) is 84.3 Å². The molecule has 0 radical (unpaired) electrons. The minimum atomic E-state index is -0.507. The second kappa shape index (κ2) is 12.3. The number of imidazole rings is 1. The van der Waals surface area contributed by atoms with Gasteiger partial charge in [0.1, 0.15) is 18.2 Å². The molecule has 5 heterocycles. The Morgan fingerprint density at radius 2 is 1.85 bits per heavy atom. The lowest BCUT2D eigenvalue weighted by Crippen LogP contribution is -2.35. The van der Waals surface area contributed by atoms with Crippen molar-refractivity contribution in [1.29, 1.82) is 0 Å². The van der Waals surface area contributed by atoms with Crippen molar-refractivity contribution in [3.8, 4) is 11.5 Å². The number of ether oxygens (including phenoxy) is 5. The van der Waals surface area contributed by atoms with Crippen molar-refractivity contribution in [2.75, 3.05) is 46.6 Å². The van der Waals surface area contributed by atoms with E-state index in [0.717, 1.165) is 78.4 Å². The summed E-state index contributed by atoms with van der Waals surface area (Å²) in [5, 5.41) is 0. The Bertz CT molecular complexity index is 1760. The summed E-state index contributed by atoms with van der Waals surface area (Å²) in [5.41, 5.74) is 4.91. The first-order valence-corrected chi connectivity index (χ1v) is 16.2. The number of hydrogen-bond donors (Lipinski definition) is 0. The van der Waals surface area contributed by atoms with E-state index in [2.05, 4.69) is 15.5 Å². The lowest BCUT2D eigenvalue weighted by molar-refractivity contribution is -0.0592. The molecular weight excluding hydrogens is 589 g/mol. The zero-order valence-electron chi connectivity index (χ0n) is 26.0. The highest BCUT2D eigenvalue weighted by Gasteiger charge is 2.32. The van der Waals surface area contributed by atoms with Crippen LogP contribution in [0.4, 0.5) is 4.39 Å². The Balaban J connectivity index is 0.973. The molecular formula is C36H38FN3O6. The second-order valence-electron chi connectivity index (χ2n) is 12.8. The van der Waals surface area contributed by atoms with Crippen molar-refractivity contribution in [1.82, 2.24) is 14.5 Å². The van der Waals surface area contributed by atoms with Crippen LogP contribution in [-0.4, -0.2) is 73.2 Å². The molecule has 0 amide bonds. The van der Waals surface area contributed by atoms with Gasteiger partial charge in [0, 0.05) is 23.7 Å². The third kappa shape index (κ3) is 5.52. The van der Waals surface area contributed by atoms with E-state index in [4.69, 9.17) is 28.7 Å². The van der Waals surface area contributed by atoms with Gasteiger partial charge in [0.15, 0.2) is 17.6 Å². The highest BCUT2D eigenvalue weighted by molar-refractivity contribution is 5.93. The maximum Gasteiger partial charge on any atom is 0.337 e. The van der Waals surface area contributed by atoms with Crippen LogP contribution in [0.2, 0.25) is 0 Å². The van der Waals surface area contributed by atoms with E-state index in [1.807, 2.05) is 36.4 Å². The van der Waals surface area contributed by atoms with Gasteiger partial charge in [-0.2, -0.15) is 0 Å². The minimum Gasteiger partial charge on any atom is -0.485 e.